The second-order valence-corrected chi connectivity index (χ2v) is 4.36. The van der Waals surface area contributed by atoms with Crippen molar-refractivity contribution in [2.45, 2.75) is 6.61 Å². The number of benzene rings is 2. The normalized spacial score (nSPS) is 10.6. The van der Waals surface area contributed by atoms with Gasteiger partial charge in [0.15, 0.2) is 0 Å². The van der Waals surface area contributed by atoms with Crippen LogP contribution in [0.1, 0.15) is 5.56 Å². The topological polar surface area (TPSA) is 34.2 Å². The third-order valence-corrected chi connectivity index (χ3v) is 3.09. The van der Waals surface area contributed by atoms with Crippen LogP contribution >= 0.6 is 0 Å². The molecule has 0 aliphatic carbocycles. The Balaban J connectivity index is 1.70. The number of aromatic nitrogens is 1. The van der Waals surface area contributed by atoms with Gasteiger partial charge in [-0.1, -0.05) is 12.1 Å². The molecule has 2 aromatic carbocycles. The van der Waals surface area contributed by atoms with Crippen LogP contribution in [-0.2, 0) is 6.61 Å². The molecule has 96 valence electrons. The molecule has 1 N–H and O–H groups in total. The van der Waals surface area contributed by atoms with Crippen molar-refractivity contribution < 1.29 is 9.47 Å². The molecule has 0 radical (unpaired) electrons. The highest BCUT2D eigenvalue weighted by Crippen LogP contribution is 2.21. The fourth-order valence-corrected chi connectivity index (χ4v) is 2.01. The quantitative estimate of drug-likeness (QED) is 0.768. The summed E-state index contributed by atoms with van der Waals surface area (Å²) in [7, 11) is 1.66. The number of nitrogens with one attached hydrogen (secondary N) is 1. The van der Waals surface area contributed by atoms with Crippen LogP contribution in [0.5, 0.6) is 11.5 Å². The lowest BCUT2D eigenvalue weighted by Crippen LogP contribution is -1.95. The second kappa shape index (κ2) is 5.06. The summed E-state index contributed by atoms with van der Waals surface area (Å²) in [6, 6.07) is 16.0. The Kier molecular flexibility index (Phi) is 3.11. The number of hydrogen-bond donors (Lipinski definition) is 1. The van der Waals surface area contributed by atoms with Gasteiger partial charge in [-0.25, -0.2) is 0 Å². The molecular formula is C16H15NO2. The van der Waals surface area contributed by atoms with Gasteiger partial charge in [-0.2, -0.15) is 0 Å². The van der Waals surface area contributed by atoms with Crippen LogP contribution in [0.25, 0.3) is 10.9 Å². The highest BCUT2D eigenvalue weighted by molar-refractivity contribution is 5.80. The molecule has 0 saturated heterocycles. The number of H-pyrrole nitrogens is 1. The van der Waals surface area contributed by atoms with E-state index in [4.69, 9.17) is 9.47 Å². The summed E-state index contributed by atoms with van der Waals surface area (Å²) in [5, 5.41) is 1.16. The molecule has 0 bridgehead atoms. The zero-order valence-electron chi connectivity index (χ0n) is 10.7. The monoisotopic (exact) mass is 253 g/mol. The van der Waals surface area contributed by atoms with Gasteiger partial charge in [-0.05, 0) is 42.0 Å². The third-order valence-electron chi connectivity index (χ3n) is 3.09. The average Bonchev–Trinajstić information content (AvgIpc) is 2.93. The van der Waals surface area contributed by atoms with E-state index < -0.39 is 0 Å². The number of hydrogen-bond acceptors (Lipinski definition) is 2. The first kappa shape index (κ1) is 11.7. The minimum atomic E-state index is 0.555. The molecule has 3 heteroatoms. The van der Waals surface area contributed by atoms with Crippen molar-refractivity contribution in [2.24, 2.45) is 0 Å². The molecule has 0 spiro atoms. The van der Waals surface area contributed by atoms with E-state index in [1.54, 1.807) is 7.11 Å². The number of ether oxygens (including phenoxy) is 2. The predicted molar refractivity (Wildman–Crippen MR) is 75.6 cm³/mol. The molecule has 0 aliphatic heterocycles. The lowest BCUT2D eigenvalue weighted by atomic mass is 10.2. The third kappa shape index (κ3) is 2.55. The number of fused-ring (bicyclic) bond motifs is 1. The van der Waals surface area contributed by atoms with Gasteiger partial charge >= 0.3 is 0 Å². The first-order valence-corrected chi connectivity index (χ1v) is 6.18. The van der Waals surface area contributed by atoms with Crippen molar-refractivity contribution in [3.8, 4) is 11.5 Å². The Hall–Kier alpha value is -2.42. The van der Waals surface area contributed by atoms with Crippen molar-refractivity contribution in [3.05, 3.63) is 60.3 Å². The van der Waals surface area contributed by atoms with Crippen molar-refractivity contribution in [3.63, 3.8) is 0 Å². The Labute approximate surface area is 111 Å². The van der Waals surface area contributed by atoms with Gasteiger partial charge in [-0.3, -0.25) is 0 Å². The van der Waals surface area contributed by atoms with Gasteiger partial charge in [0.05, 0.1) is 7.11 Å². The zero-order valence-corrected chi connectivity index (χ0v) is 10.7. The molecule has 0 atom stereocenters. The first-order chi connectivity index (χ1) is 9.35. The number of aromatic amines is 1. The van der Waals surface area contributed by atoms with Crippen LogP contribution in [0, 0.1) is 0 Å². The van der Waals surface area contributed by atoms with Gasteiger partial charge in [0.25, 0.3) is 0 Å². The highest BCUT2D eigenvalue weighted by atomic mass is 16.5. The SMILES string of the molecule is COc1ccc(COc2ccc3[nH]ccc3c2)cc1. The van der Waals surface area contributed by atoms with Gasteiger partial charge < -0.3 is 14.5 Å². The van der Waals surface area contributed by atoms with E-state index in [0.29, 0.717) is 6.61 Å². The number of rotatable bonds is 4. The van der Waals surface area contributed by atoms with E-state index in [1.165, 1.54) is 0 Å². The van der Waals surface area contributed by atoms with Crippen LogP contribution in [0.15, 0.2) is 54.7 Å². The minimum Gasteiger partial charge on any atom is -0.497 e. The van der Waals surface area contributed by atoms with Crippen LogP contribution < -0.4 is 9.47 Å². The molecule has 0 saturated carbocycles. The highest BCUT2D eigenvalue weighted by Gasteiger charge is 1.99. The molecule has 3 nitrogen and oxygen atoms in total. The summed E-state index contributed by atoms with van der Waals surface area (Å²) in [6.45, 7) is 0.555. The van der Waals surface area contributed by atoms with Crippen molar-refractivity contribution in [1.29, 1.82) is 0 Å². The Morgan fingerprint density at radius 3 is 2.53 bits per heavy atom. The molecule has 0 fully saturated rings. The fraction of sp³-hybridized carbons (Fsp3) is 0.125. The largest absolute Gasteiger partial charge is 0.497 e. The van der Waals surface area contributed by atoms with Gasteiger partial charge in [0.1, 0.15) is 18.1 Å². The fourth-order valence-electron chi connectivity index (χ4n) is 2.01. The maximum absolute atomic E-state index is 5.79. The van der Waals surface area contributed by atoms with Crippen LogP contribution in [0.2, 0.25) is 0 Å². The molecule has 3 rings (SSSR count). The summed E-state index contributed by atoms with van der Waals surface area (Å²) in [6.07, 6.45) is 1.93. The van der Waals surface area contributed by atoms with Gasteiger partial charge in [-0.15, -0.1) is 0 Å². The average molecular weight is 253 g/mol. The van der Waals surface area contributed by atoms with E-state index in [0.717, 1.165) is 28.0 Å². The number of methoxy groups -OCH3 is 1. The van der Waals surface area contributed by atoms with E-state index in [-0.39, 0.29) is 0 Å². The smallest absolute Gasteiger partial charge is 0.120 e. The summed E-state index contributed by atoms with van der Waals surface area (Å²) in [4.78, 5) is 3.16. The summed E-state index contributed by atoms with van der Waals surface area (Å²) >= 11 is 0. The molecule has 3 aromatic rings. The van der Waals surface area contributed by atoms with E-state index in [2.05, 4.69) is 4.98 Å². The van der Waals surface area contributed by atoms with E-state index in [1.807, 2.05) is 54.7 Å². The minimum absolute atomic E-state index is 0.555. The maximum atomic E-state index is 5.79. The van der Waals surface area contributed by atoms with Crippen molar-refractivity contribution in [1.82, 2.24) is 4.98 Å². The Morgan fingerprint density at radius 1 is 0.947 bits per heavy atom. The van der Waals surface area contributed by atoms with Gasteiger partial charge in [0, 0.05) is 17.1 Å². The first-order valence-electron chi connectivity index (χ1n) is 6.18. The molecular weight excluding hydrogens is 238 g/mol. The Bertz CT molecular complexity index is 671. The lowest BCUT2D eigenvalue weighted by molar-refractivity contribution is 0.306. The summed E-state index contributed by atoms with van der Waals surface area (Å²) in [5.74, 6) is 1.74. The van der Waals surface area contributed by atoms with Gasteiger partial charge in [0.2, 0.25) is 0 Å². The van der Waals surface area contributed by atoms with Crippen molar-refractivity contribution >= 4 is 10.9 Å². The maximum Gasteiger partial charge on any atom is 0.120 e. The van der Waals surface area contributed by atoms with E-state index in [9.17, 15) is 0 Å². The summed E-state index contributed by atoms with van der Waals surface area (Å²) < 4.78 is 10.9. The second-order valence-electron chi connectivity index (χ2n) is 4.36. The molecule has 1 heterocycles. The van der Waals surface area contributed by atoms with Crippen molar-refractivity contribution in [2.75, 3.05) is 7.11 Å². The zero-order chi connectivity index (χ0) is 13.1. The van der Waals surface area contributed by atoms with Crippen LogP contribution in [0.4, 0.5) is 0 Å². The molecule has 19 heavy (non-hydrogen) atoms. The molecule has 0 amide bonds. The predicted octanol–water partition coefficient (Wildman–Crippen LogP) is 3.76. The Morgan fingerprint density at radius 2 is 1.74 bits per heavy atom. The molecule has 0 unspecified atom stereocenters. The van der Waals surface area contributed by atoms with Crippen LogP contribution in [0.3, 0.4) is 0 Å². The molecule has 0 aliphatic rings. The molecule has 1 aromatic heterocycles. The summed E-state index contributed by atoms with van der Waals surface area (Å²) in [5.41, 5.74) is 2.24. The van der Waals surface area contributed by atoms with E-state index >= 15 is 0 Å². The standard InChI is InChI=1S/C16H15NO2/c1-18-14-4-2-12(3-5-14)11-19-15-6-7-16-13(10-15)8-9-17-16/h2-10,17H,11H2,1H3. The lowest BCUT2D eigenvalue weighted by Gasteiger charge is -2.07. The van der Waals surface area contributed by atoms with Crippen LogP contribution in [-0.4, -0.2) is 12.1 Å².